The fraction of sp³-hybridized carbons (Fsp3) is 0.474. The maximum Gasteiger partial charge on any atom is 0.284 e. The second-order valence-electron chi connectivity index (χ2n) is 6.13. The van der Waals surface area contributed by atoms with Crippen molar-refractivity contribution in [2.24, 2.45) is 0 Å². The molecule has 0 amide bonds. The molecule has 4 heteroatoms. The Balaban J connectivity index is 1.60. The molecule has 0 spiro atoms. The number of rotatable bonds is 7. The van der Waals surface area contributed by atoms with Crippen LogP contribution in [-0.2, 0) is 12.8 Å². The fourth-order valence-corrected chi connectivity index (χ4v) is 3.45. The molecular weight excluding hydrogens is 290 g/mol. The quantitative estimate of drug-likeness (QED) is 0.847. The van der Waals surface area contributed by atoms with Gasteiger partial charge < -0.3 is 14.3 Å². The SMILES string of the molecule is CCCN(CCOc1ccco1)C1CCc2c(O)cccc2C1. The fourth-order valence-electron chi connectivity index (χ4n) is 3.45. The van der Waals surface area contributed by atoms with E-state index in [-0.39, 0.29) is 0 Å². The van der Waals surface area contributed by atoms with Gasteiger partial charge in [-0.2, -0.15) is 0 Å². The standard InChI is InChI=1S/C19H25NO3/c1-2-10-20(11-13-23-19-7-4-12-22-19)16-8-9-17-15(14-16)5-3-6-18(17)21/h3-7,12,16,21H,2,8-11,13-14H2,1H3. The molecule has 2 aromatic rings. The molecule has 1 aromatic heterocycles. The highest BCUT2D eigenvalue weighted by Crippen LogP contribution is 2.30. The summed E-state index contributed by atoms with van der Waals surface area (Å²) in [5, 5.41) is 9.99. The molecule has 1 heterocycles. The lowest BCUT2D eigenvalue weighted by molar-refractivity contribution is 0.135. The molecule has 4 nitrogen and oxygen atoms in total. The number of fused-ring (bicyclic) bond motifs is 1. The molecule has 0 saturated carbocycles. The minimum absolute atomic E-state index is 0.448. The predicted octanol–water partition coefficient (Wildman–Crippen LogP) is 3.63. The molecule has 0 bridgehead atoms. The average Bonchev–Trinajstić information content (AvgIpc) is 3.07. The van der Waals surface area contributed by atoms with Gasteiger partial charge in [0, 0.05) is 18.7 Å². The molecule has 1 aliphatic carbocycles. The highest BCUT2D eigenvalue weighted by atomic mass is 16.6. The van der Waals surface area contributed by atoms with Gasteiger partial charge in [-0.15, -0.1) is 0 Å². The molecule has 0 radical (unpaired) electrons. The highest BCUT2D eigenvalue weighted by molar-refractivity contribution is 5.41. The van der Waals surface area contributed by atoms with Gasteiger partial charge in [0.15, 0.2) is 0 Å². The summed E-state index contributed by atoms with van der Waals surface area (Å²) in [6.07, 6.45) is 5.80. The first-order valence-corrected chi connectivity index (χ1v) is 8.48. The number of benzene rings is 1. The third kappa shape index (κ3) is 3.88. The number of hydrogen-bond acceptors (Lipinski definition) is 4. The van der Waals surface area contributed by atoms with Crippen LogP contribution in [0.4, 0.5) is 0 Å². The van der Waals surface area contributed by atoms with Gasteiger partial charge in [0.25, 0.3) is 5.95 Å². The minimum atomic E-state index is 0.448. The second kappa shape index (κ2) is 7.55. The average molecular weight is 315 g/mol. The van der Waals surface area contributed by atoms with Gasteiger partial charge in [-0.25, -0.2) is 0 Å². The molecule has 1 atom stereocenters. The first kappa shape index (κ1) is 15.9. The highest BCUT2D eigenvalue weighted by Gasteiger charge is 2.25. The minimum Gasteiger partial charge on any atom is -0.508 e. The summed E-state index contributed by atoms with van der Waals surface area (Å²) in [4.78, 5) is 2.51. The topological polar surface area (TPSA) is 45.8 Å². The predicted molar refractivity (Wildman–Crippen MR) is 90.0 cm³/mol. The van der Waals surface area contributed by atoms with Crippen molar-refractivity contribution in [2.45, 2.75) is 38.6 Å². The summed E-state index contributed by atoms with van der Waals surface area (Å²) in [7, 11) is 0. The number of furan rings is 1. The van der Waals surface area contributed by atoms with Crippen LogP contribution in [0, 0.1) is 0 Å². The summed E-state index contributed by atoms with van der Waals surface area (Å²) >= 11 is 0. The van der Waals surface area contributed by atoms with E-state index in [0.29, 0.717) is 24.3 Å². The number of phenolic OH excluding ortho intramolecular Hbond substituents is 1. The van der Waals surface area contributed by atoms with Crippen molar-refractivity contribution in [3.8, 4) is 11.7 Å². The Morgan fingerprint density at radius 3 is 2.96 bits per heavy atom. The van der Waals surface area contributed by atoms with E-state index in [4.69, 9.17) is 9.15 Å². The van der Waals surface area contributed by atoms with E-state index >= 15 is 0 Å². The molecule has 1 unspecified atom stereocenters. The molecule has 1 aliphatic rings. The van der Waals surface area contributed by atoms with Crippen LogP contribution >= 0.6 is 0 Å². The number of hydrogen-bond donors (Lipinski definition) is 1. The molecule has 0 fully saturated rings. The van der Waals surface area contributed by atoms with Gasteiger partial charge in [-0.05, 0) is 55.5 Å². The lowest BCUT2D eigenvalue weighted by atomic mass is 9.87. The number of ether oxygens (including phenoxy) is 1. The summed E-state index contributed by atoms with van der Waals surface area (Å²) in [6.45, 7) is 4.81. The number of aromatic hydroxyl groups is 1. The Labute approximate surface area is 137 Å². The van der Waals surface area contributed by atoms with Crippen LogP contribution in [0.15, 0.2) is 41.0 Å². The van der Waals surface area contributed by atoms with Crippen molar-refractivity contribution < 1.29 is 14.3 Å². The summed E-state index contributed by atoms with van der Waals surface area (Å²) in [5.74, 6) is 1.03. The molecule has 1 aromatic carbocycles. The van der Waals surface area contributed by atoms with E-state index in [9.17, 15) is 5.11 Å². The third-order valence-corrected chi connectivity index (χ3v) is 4.58. The van der Waals surface area contributed by atoms with Crippen LogP contribution in [0.2, 0.25) is 0 Å². The molecule has 1 N–H and O–H groups in total. The zero-order chi connectivity index (χ0) is 16.1. The zero-order valence-corrected chi connectivity index (χ0v) is 13.7. The Kier molecular flexibility index (Phi) is 5.23. The van der Waals surface area contributed by atoms with Crippen molar-refractivity contribution in [1.29, 1.82) is 0 Å². The van der Waals surface area contributed by atoms with Crippen molar-refractivity contribution in [1.82, 2.24) is 4.90 Å². The van der Waals surface area contributed by atoms with Crippen LogP contribution in [0.1, 0.15) is 30.9 Å². The van der Waals surface area contributed by atoms with E-state index in [1.165, 1.54) is 5.56 Å². The van der Waals surface area contributed by atoms with Crippen LogP contribution in [0.25, 0.3) is 0 Å². The van der Waals surface area contributed by atoms with Crippen LogP contribution in [0.5, 0.6) is 11.7 Å². The summed E-state index contributed by atoms with van der Waals surface area (Å²) in [6, 6.07) is 10.1. The van der Waals surface area contributed by atoms with Crippen molar-refractivity contribution in [3.05, 3.63) is 47.7 Å². The van der Waals surface area contributed by atoms with Crippen molar-refractivity contribution in [2.75, 3.05) is 19.7 Å². The first-order valence-electron chi connectivity index (χ1n) is 8.48. The Morgan fingerprint density at radius 1 is 1.26 bits per heavy atom. The van der Waals surface area contributed by atoms with Gasteiger partial charge in [-0.3, -0.25) is 4.90 Å². The molecular formula is C19H25NO3. The van der Waals surface area contributed by atoms with E-state index in [1.807, 2.05) is 18.2 Å². The number of phenols is 1. The monoisotopic (exact) mass is 315 g/mol. The van der Waals surface area contributed by atoms with E-state index in [0.717, 1.165) is 44.3 Å². The van der Waals surface area contributed by atoms with Gasteiger partial charge in [0.2, 0.25) is 0 Å². The van der Waals surface area contributed by atoms with E-state index in [2.05, 4.69) is 17.9 Å². The zero-order valence-electron chi connectivity index (χ0n) is 13.7. The van der Waals surface area contributed by atoms with Crippen LogP contribution < -0.4 is 4.74 Å². The van der Waals surface area contributed by atoms with Crippen molar-refractivity contribution >= 4 is 0 Å². The lowest BCUT2D eigenvalue weighted by Crippen LogP contribution is -2.42. The molecule has 124 valence electrons. The molecule has 3 rings (SSSR count). The first-order chi connectivity index (χ1) is 11.3. The Bertz CT molecular complexity index is 609. The van der Waals surface area contributed by atoms with Gasteiger partial charge >= 0.3 is 0 Å². The normalized spacial score (nSPS) is 17.2. The van der Waals surface area contributed by atoms with Crippen LogP contribution in [0.3, 0.4) is 0 Å². The van der Waals surface area contributed by atoms with Crippen molar-refractivity contribution in [3.63, 3.8) is 0 Å². The maximum absolute atomic E-state index is 9.99. The van der Waals surface area contributed by atoms with E-state index in [1.54, 1.807) is 12.3 Å². The summed E-state index contributed by atoms with van der Waals surface area (Å²) < 4.78 is 10.9. The smallest absolute Gasteiger partial charge is 0.284 e. The lowest BCUT2D eigenvalue weighted by Gasteiger charge is -2.35. The maximum atomic E-state index is 9.99. The summed E-state index contributed by atoms with van der Waals surface area (Å²) in [5.41, 5.74) is 2.42. The van der Waals surface area contributed by atoms with E-state index < -0.39 is 0 Å². The molecule has 0 aliphatic heterocycles. The third-order valence-electron chi connectivity index (χ3n) is 4.58. The van der Waals surface area contributed by atoms with Gasteiger partial charge in [0.05, 0.1) is 6.26 Å². The van der Waals surface area contributed by atoms with Crippen LogP contribution in [-0.4, -0.2) is 35.7 Å². The largest absolute Gasteiger partial charge is 0.508 e. The Hall–Kier alpha value is -1.94. The van der Waals surface area contributed by atoms with Gasteiger partial charge in [-0.1, -0.05) is 19.1 Å². The molecule has 0 saturated heterocycles. The number of nitrogens with zero attached hydrogens (tertiary/aromatic N) is 1. The Morgan fingerprint density at radius 2 is 2.17 bits per heavy atom. The molecule has 23 heavy (non-hydrogen) atoms. The van der Waals surface area contributed by atoms with Gasteiger partial charge in [0.1, 0.15) is 12.4 Å². The second-order valence-corrected chi connectivity index (χ2v) is 6.13.